The third-order valence-corrected chi connectivity index (χ3v) is 5.23. The highest BCUT2D eigenvalue weighted by Gasteiger charge is 2.54. The first-order valence-corrected chi connectivity index (χ1v) is 10.2. The summed E-state index contributed by atoms with van der Waals surface area (Å²) in [6.45, 7) is 2.75. The molecule has 0 spiro atoms. The molecular formula is C22H27N3O6. The van der Waals surface area contributed by atoms with Crippen molar-refractivity contribution in [1.29, 1.82) is 0 Å². The van der Waals surface area contributed by atoms with Crippen molar-refractivity contribution in [2.24, 2.45) is 5.92 Å². The maximum absolute atomic E-state index is 12.8. The Morgan fingerprint density at radius 3 is 2.45 bits per heavy atom. The number of epoxide rings is 1. The van der Waals surface area contributed by atoms with Crippen LogP contribution in [0, 0.1) is 5.92 Å². The summed E-state index contributed by atoms with van der Waals surface area (Å²) in [5.74, 6) is -1.67. The number of ketones is 1. The molecule has 0 bridgehead atoms. The summed E-state index contributed by atoms with van der Waals surface area (Å²) in [5, 5.41) is 25.7. The maximum atomic E-state index is 12.8. The third kappa shape index (κ3) is 5.07. The van der Waals surface area contributed by atoms with Gasteiger partial charge in [0.15, 0.2) is 11.4 Å². The molecule has 9 heteroatoms. The summed E-state index contributed by atoms with van der Waals surface area (Å²) in [7, 11) is 0. The van der Waals surface area contributed by atoms with Gasteiger partial charge in [-0.05, 0) is 23.8 Å². The highest BCUT2D eigenvalue weighted by atomic mass is 16.6. The number of ether oxygens (including phenoxy) is 1. The summed E-state index contributed by atoms with van der Waals surface area (Å²) >= 11 is 0. The smallest absolute Gasteiger partial charge is 0.271 e. The quantitative estimate of drug-likeness (QED) is 0.395. The van der Waals surface area contributed by atoms with Crippen molar-refractivity contribution in [3.63, 3.8) is 0 Å². The molecule has 0 unspecified atom stereocenters. The van der Waals surface area contributed by atoms with Gasteiger partial charge in [0.05, 0.1) is 25.9 Å². The molecule has 9 nitrogen and oxygen atoms in total. The van der Waals surface area contributed by atoms with Crippen LogP contribution in [-0.2, 0) is 14.3 Å². The molecule has 2 aromatic rings. The molecule has 2 amide bonds. The molecule has 2 heterocycles. The molecule has 1 fully saturated rings. The molecule has 1 saturated heterocycles. The van der Waals surface area contributed by atoms with Crippen molar-refractivity contribution in [2.45, 2.75) is 38.0 Å². The van der Waals surface area contributed by atoms with Crippen LogP contribution in [0.3, 0.4) is 0 Å². The molecular weight excluding hydrogens is 402 g/mol. The van der Waals surface area contributed by atoms with Gasteiger partial charge < -0.3 is 25.6 Å². The molecule has 0 saturated carbocycles. The number of nitrogens with zero attached hydrogens (tertiary/aromatic N) is 1. The summed E-state index contributed by atoms with van der Waals surface area (Å²) in [5.41, 5.74) is -1.15. The monoisotopic (exact) mass is 429 g/mol. The van der Waals surface area contributed by atoms with E-state index in [1.807, 2.05) is 26.0 Å². The average Bonchev–Trinajstić information content (AvgIpc) is 3.56. The van der Waals surface area contributed by atoms with Gasteiger partial charge in [0.1, 0.15) is 11.7 Å². The number of Topliss-reactive ketones (excluding diaryl/α,β-unsaturated/α-hetero) is 1. The van der Waals surface area contributed by atoms with Crippen LogP contribution in [0.1, 0.15) is 30.8 Å². The molecule has 1 aliphatic rings. The van der Waals surface area contributed by atoms with Crippen LogP contribution in [0.2, 0.25) is 0 Å². The zero-order valence-corrected chi connectivity index (χ0v) is 17.5. The van der Waals surface area contributed by atoms with E-state index in [9.17, 15) is 24.6 Å². The lowest BCUT2D eigenvalue weighted by molar-refractivity contribution is -0.133. The van der Waals surface area contributed by atoms with Crippen molar-refractivity contribution in [3.05, 3.63) is 42.2 Å². The van der Waals surface area contributed by atoms with E-state index >= 15 is 0 Å². The predicted octanol–water partition coefficient (Wildman–Crippen LogP) is 0.187. The number of carbonyl (C=O) groups excluding carboxylic acids is 3. The number of aliphatic hydroxyl groups excluding tert-OH is 2. The molecule has 3 atom stereocenters. The van der Waals surface area contributed by atoms with Gasteiger partial charge in [-0.1, -0.05) is 38.1 Å². The molecule has 1 aromatic carbocycles. The first-order chi connectivity index (χ1) is 14.8. The lowest BCUT2D eigenvalue weighted by Gasteiger charge is -2.24. The van der Waals surface area contributed by atoms with Crippen LogP contribution in [-0.4, -0.2) is 70.3 Å². The van der Waals surface area contributed by atoms with Gasteiger partial charge in [0.25, 0.3) is 5.91 Å². The number of benzene rings is 1. The second-order valence-corrected chi connectivity index (χ2v) is 8.09. The predicted molar refractivity (Wildman–Crippen MR) is 112 cm³/mol. The molecule has 3 rings (SSSR count). The topological polar surface area (TPSA) is 141 Å². The fourth-order valence-electron chi connectivity index (χ4n) is 3.41. The Balaban J connectivity index is 1.73. The van der Waals surface area contributed by atoms with Crippen molar-refractivity contribution >= 4 is 28.4 Å². The van der Waals surface area contributed by atoms with Crippen LogP contribution in [0.25, 0.3) is 10.8 Å². The number of carbonyl (C=O) groups is 3. The largest absolute Gasteiger partial charge is 0.394 e. The number of nitrogens with one attached hydrogen (secondary N) is 2. The van der Waals surface area contributed by atoms with E-state index in [1.54, 1.807) is 18.2 Å². The summed E-state index contributed by atoms with van der Waals surface area (Å²) in [6.07, 6.45) is 1.82. The fraction of sp³-hybridized carbons (Fsp3) is 0.455. The molecule has 1 aliphatic heterocycles. The minimum Gasteiger partial charge on any atom is -0.394 e. The van der Waals surface area contributed by atoms with E-state index in [1.165, 1.54) is 6.20 Å². The van der Waals surface area contributed by atoms with Crippen molar-refractivity contribution in [2.75, 3.05) is 19.8 Å². The third-order valence-electron chi connectivity index (χ3n) is 5.23. The number of fused-ring (bicyclic) bond motifs is 1. The molecule has 4 N–H and O–H groups in total. The lowest BCUT2D eigenvalue weighted by atomic mass is 9.92. The second-order valence-electron chi connectivity index (χ2n) is 8.09. The Labute approximate surface area is 179 Å². The van der Waals surface area contributed by atoms with Gasteiger partial charge in [-0.2, -0.15) is 0 Å². The molecule has 0 radical (unpaired) electrons. The molecule has 0 aliphatic carbocycles. The lowest BCUT2D eigenvalue weighted by Crippen LogP contribution is -2.55. The van der Waals surface area contributed by atoms with Crippen LogP contribution in [0.4, 0.5) is 0 Å². The Bertz CT molecular complexity index is 967. The van der Waals surface area contributed by atoms with Crippen molar-refractivity contribution < 1.29 is 29.3 Å². The van der Waals surface area contributed by atoms with Crippen LogP contribution in [0.5, 0.6) is 0 Å². The van der Waals surface area contributed by atoms with Crippen molar-refractivity contribution in [3.8, 4) is 0 Å². The summed E-state index contributed by atoms with van der Waals surface area (Å²) in [6, 6.07) is 6.76. The molecule has 166 valence electrons. The Hall–Kier alpha value is -2.88. The number of hydrogen-bond donors (Lipinski definition) is 4. The van der Waals surface area contributed by atoms with Crippen LogP contribution < -0.4 is 10.6 Å². The number of pyridine rings is 1. The highest BCUT2D eigenvalue weighted by molar-refractivity contribution is 6.06. The van der Waals surface area contributed by atoms with E-state index < -0.39 is 48.5 Å². The van der Waals surface area contributed by atoms with E-state index in [0.29, 0.717) is 11.8 Å². The molecule has 31 heavy (non-hydrogen) atoms. The normalized spacial score (nSPS) is 19.6. The number of aliphatic hydroxyl groups is 2. The standard InChI is InChI=1S/C22H27N3O6/c1-13(2)9-16(19(28)22(11-27)12-31-22)24-20(29)17(10-26)25-21(30)18-15-6-4-3-5-14(15)7-8-23-18/h3-8,13,16-17,26-27H,9-12H2,1-2H3,(H,24,29)(H,25,30)/t16-,17-,22+/m0/s1. The van der Waals surface area contributed by atoms with E-state index in [4.69, 9.17) is 4.74 Å². The van der Waals surface area contributed by atoms with E-state index in [0.717, 1.165) is 5.39 Å². The number of aromatic nitrogens is 1. The minimum absolute atomic E-state index is 0.0748. The summed E-state index contributed by atoms with van der Waals surface area (Å²) in [4.78, 5) is 42.4. The number of hydrogen-bond acceptors (Lipinski definition) is 7. The minimum atomic E-state index is -1.28. The van der Waals surface area contributed by atoms with Crippen LogP contribution in [0.15, 0.2) is 36.5 Å². The number of rotatable bonds is 10. The average molecular weight is 429 g/mol. The SMILES string of the molecule is CC(C)C[C@H](NC(=O)[C@H](CO)NC(=O)c1nccc2ccccc12)C(=O)[C@@]1(CO)CO1. The molecule has 1 aromatic heterocycles. The zero-order chi connectivity index (χ0) is 22.6. The van der Waals surface area contributed by atoms with Crippen molar-refractivity contribution in [1.82, 2.24) is 15.6 Å². The Morgan fingerprint density at radius 2 is 1.84 bits per heavy atom. The van der Waals surface area contributed by atoms with Gasteiger partial charge >= 0.3 is 0 Å². The first kappa shape index (κ1) is 22.8. The fourth-order valence-corrected chi connectivity index (χ4v) is 3.41. The first-order valence-electron chi connectivity index (χ1n) is 10.2. The van der Waals surface area contributed by atoms with E-state index in [2.05, 4.69) is 15.6 Å². The maximum Gasteiger partial charge on any atom is 0.271 e. The van der Waals surface area contributed by atoms with Gasteiger partial charge in [-0.25, -0.2) is 0 Å². The summed E-state index contributed by atoms with van der Waals surface area (Å²) < 4.78 is 5.12. The van der Waals surface area contributed by atoms with Gasteiger partial charge in [0, 0.05) is 11.6 Å². The van der Waals surface area contributed by atoms with E-state index in [-0.39, 0.29) is 18.2 Å². The zero-order valence-electron chi connectivity index (χ0n) is 17.5. The number of amides is 2. The van der Waals surface area contributed by atoms with Gasteiger partial charge in [-0.15, -0.1) is 0 Å². The Kier molecular flexibility index (Phi) is 6.99. The van der Waals surface area contributed by atoms with Gasteiger partial charge in [0.2, 0.25) is 5.91 Å². The highest BCUT2D eigenvalue weighted by Crippen LogP contribution is 2.30. The second kappa shape index (κ2) is 9.51. The Morgan fingerprint density at radius 1 is 1.13 bits per heavy atom. The van der Waals surface area contributed by atoms with Gasteiger partial charge in [-0.3, -0.25) is 19.4 Å². The van der Waals surface area contributed by atoms with Crippen LogP contribution >= 0.6 is 0 Å².